The van der Waals surface area contributed by atoms with Crippen LogP contribution >= 0.6 is 0 Å². The van der Waals surface area contributed by atoms with Crippen molar-refractivity contribution in [3.63, 3.8) is 0 Å². The summed E-state index contributed by atoms with van der Waals surface area (Å²) in [5, 5.41) is 9.38. The number of ether oxygens (including phenoxy) is 1. The monoisotopic (exact) mass is 396 g/mol. The van der Waals surface area contributed by atoms with E-state index >= 15 is 0 Å². The number of hydrogen-bond acceptors (Lipinski definition) is 2. The van der Waals surface area contributed by atoms with Gasteiger partial charge in [0.05, 0.1) is 0 Å². The summed E-state index contributed by atoms with van der Waals surface area (Å²) >= 11 is 0. The molecule has 1 N–H and O–H groups in total. The molecular formula is C25H48O3. The first-order valence-corrected chi connectivity index (χ1v) is 12.1. The van der Waals surface area contributed by atoms with Gasteiger partial charge in [-0.15, -0.1) is 0 Å². The van der Waals surface area contributed by atoms with Crippen molar-refractivity contribution in [2.24, 2.45) is 0 Å². The molecule has 0 bridgehead atoms. The summed E-state index contributed by atoms with van der Waals surface area (Å²) in [6, 6.07) is 0. The summed E-state index contributed by atoms with van der Waals surface area (Å²) in [6.07, 6.45) is 25.2. The molecule has 3 heteroatoms. The molecule has 0 radical (unpaired) electrons. The Kier molecular flexibility index (Phi) is 21.8. The predicted octanol–water partition coefficient (Wildman–Crippen LogP) is 8.08. The van der Waals surface area contributed by atoms with Gasteiger partial charge in [-0.25, -0.2) is 4.79 Å². The maximum absolute atomic E-state index is 11.4. The molecule has 0 heterocycles. The number of aliphatic carboxylic acids is 1. The average Bonchev–Trinajstić information content (AvgIpc) is 2.68. The van der Waals surface area contributed by atoms with E-state index in [-0.39, 0.29) is 0 Å². The van der Waals surface area contributed by atoms with Crippen LogP contribution in [0.15, 0.2) is 11.6 Å². The van der Waals surface area contributed by atoms with E-state index in [4.69, 9.17) is 4.74 Å². The highest BCUT2D eigenvalue weighted by Crippen LogP contribution is 2.15. The van der Waals surface area contributed by atoms with E-state index in [1.807, 2.05) is 6.08 Å². The third-order valence-electron chi connectivity index (χ3n) is 5.52. The fourth-order valence-corrected chi connectivity index (χ4v) is 3.65. The Morgan fingerprint density at radius 1 is 0.714 bits per heavy atom. The minimum atomic E-state index is -0.714. The molecule has 0 saturated carbocycles. The van der Waals surface area contributed by atoms with Crippen LogP contribution in [-0.2, 0) is 9.53 Å². The molecule has 28 heavy (non-hydrogen) atoms. The zero-order chi connectivity index (χ0) is 20.7. The van der Waals surface area contributed by atoms with Gasteiger partial charge in [-0.05, 0) is 32.1 Å². The number of hydrogen-bond donors (Lipinski definition) is 1. The number of carbonyl (C=O) groups is 1. The lowest BCUT2D eigenvalue weighted by Crippen LogP contribution is -2.00. The zero-order valence-corrected chi connectivity index (χ0v) is 19.0. The maximum Gasteiger partial charge on any atom is 0.331 e. The van der Waals surface area contributed by atoms with Crippen LogP contribution < -0.4 is 0 Å². The van der Waals surface area contributed by atoms with Gasteiger partial charge >= 0.3 is 5.97 Å². The highest BCUT2D eigenvalue weighted by molar-refractivity contribution is 5.86. The topological polar surface area (TPSA) is 46.5 Å². The van der Waals surface area contributed by atoms with Gasteiger partial charge < -0.3 is 9.84 Å². The van der Waals surface area contributed by atoms with E-state index in [1.54, 1.807) is 7.11 Å². The van der Waals surface area contributed by atoms with E-state index in [0.717, 1.165) is 38.7 Å². The first-order chi connectivity index (χ1) is 13.7. The minimum Gasteiger partial charge on any atom is -0.478 e. The standard InChI is InChI=1S/C25H48O3/c1-3-4-5-6-7-8-9-12-15-18-21-24(25(26)27)22-19-16-13-10-11-14-17-20-23-28-2/h21H,3-20,22-23H2,1-2H3,(H,26,27). The van der Waals surface area contributed by atoms with E-state index in [0.29, 0.717) is 5.57 Å². The third kappa shape index (κ3) is 19.9. The normalized spacial score (nSPS) is 11.9. The van der Waals surface area contributed by atoms with Gasteiger partial charge in [0.15, 0.2) is 0 Å². The highest BCUT2D eigenvalue weighted by Gasteiger charge is 2.06. The van der Waals surface area contributed by atoms with E-state index in [9.17, 15) is 9.90 Å². The smallest absolute Gasteiger partial charge is 0.331 e. The van der Waals surface area contributed by atoms with Crippen molar-refractivity contribution in [3.8, 4) is 0 Å². The zero-order valence-electron chi connectivity index (χ0n) is 19.0. The maximum atomic E-state index is 11.4. The fourth-order valence-electron chi connectivity index (χ4n) is 3.65. The van der Waals surface area contributed by atoms with Crippen LogP contribution in [-0.4, -0.2) is 24.8 Å². The molecule has 0 unspecified atom stereocenters. The number of unbranched alkanes of at least 4 members (excludes halogenated alkanes) is 16. The molecule has 0 fully saturated rings. The Hall–Kier alpha value is -0.830. The largest absolute Gasteiger partial charge is 0.478 e. The second-order valence-corrected chi connectivity index (χ2v) is 8.22. The molecule has 0 saturated heterocycles. The first-order valence-electron chi connectivity index (χ1n) is 12.1. The average molecular weight is 397 g/mol. The Morgan fingerprint density at radius 2 is 1.18 bits per heavy atom. The van der Waals surface area contributed by atoms with E-state index in [2.05, 4.69) is 6.92 Å². The molecule has 0 aliphatic carbocycles. The van der Waals surface area contributed by atoms with Crippen molar-refractivity contribution in [3.05, 3.63) is 11.6 Å². The minimum absolute atomic E-state index is 0.638. The molecule has 166 valence electrons. The van der Waals surface area contributed by atoms with Gasteiger partial charge in [0.2, 0.25) is 0 Å². The number of rotatable bonds is 22. The van der Waals surface area contributed by atoms with Crippen LogP contribution in [0.3, 0.4) is 0 Å². The Morgan fingerprint density at radius 3 is 1.68 bits per heavy atom. The molecule has 0 aromatic rings. The van der Waals surface area contributed by atoms with Crippen molar-refractivity contribution in [1.82, 2.24) is 0 Å². The van der Waals surface area contributed by atoms with Gasteiger partial charge in [0.25, 0.3) is 0 Å². The highest BCUT2D eigenvalue weighted by atomic mass is 16.5. The number of methoxy groups -OCH3 is 1. The number of carboxylic acid groups (broad SMARTS) is 1. The lowest BCUT2D eigenvalue weighted by Gasteiger charge is -2.05. The van der Waals surface area contributed by atoms with Crippen molar-refractivity contribution >= 4 is 5.97 Å². The molecule has 0 atom stereocenters. The summed E-state index contributed by atoms with van der Waals surface area (Å²) in [7, 11) is 1.76. The summed E-state index contributed by atoms with van der Waals surface area (Å²) in [6.45, 7) is 3.13. The van der Waals surface area contributed by atoms with Crippen LogP contribution in [0.4, 0.5) is 0 Å². The Bertz CT molecular complexity index is 363. The SMILES string of the molecule is CCCCCCCCCCCC=C(CCCCCCCCCCOC)C(=O)O. The van der Waals surface area contributed by atoms with Gasteiger partial charge in [-0.2, -0.15) is 0 Å². The summed E-state index contributed by atoms with van der Waals surface area (Å²) < 4.78 is 5.06. The summed E-state index contributed by atoms with van der Waals surface area (Å²) in [5.41, 5.74) is 0.638. The van der Waals surface area contributed by atoms with E-state index < -0.39 is 5.97 Å². The molecule has 0 aromatic carbocycles. The quantitative estimate of drug-likeness (QED) is 0.149. The number of carboxylic acids is 1. The molecular weight excluding hydrogens is 348 g/mol. The van der Waals surface area contributed by atoms with Crippen molar-refractivity contribution in [2.45, 2.75) is 129 Å². The molecule has 0 aromatic heterocycles. The van der Waals surface area contributed by atoms with Gasteiger partial charge in [0.1, 0.15) is 0 Å². The van der Waals surface area contributed by atoms with Crippen molar-refractivity contribution in [2.75, 3.05) is 13.7 Å². The Balaban J connectivity index is 3.57. The van der Waals surface area contributed by atoms with Crippen LogP contribution in [0.2, 0.25) is 0 Å². The van der Waals surface area contributed by atoms with Crippen molar-refractivity contribution in [1.29, 1.82) is 0 Å². The predicted molar refractivity (Wildman–Crippen MR) is 121 cm³/mol. The fraction of sp³-hybridized carbons (Fsp3) is 0.880. The molecule has 0 aliphatic heterocycles. The molecule has 0 amide bonds. The lowest BCUT2D eigenvalue weighted by atomic mass is 10.0. The second kappa shape index (κ2) is 22.5. The third-order valence-corrected chi connectivity index (χ3v) is 5.52. The van der Waals surface area contributed by atoms with Gasteiger partial charge in [-0.3, -0.25) is 0 Å². The summed E-state index contributed by atoms with van der Waals surface area (Å²) in [4.78, 5) is 11.4. The summed E-state index contributed by atoms with van der Waals surface area (Å²) in [5.74, 6) is -0.714. The molecule has 0 rings (SSSR count). The van der Waals surface area contributed by atoms with Gasteiger partial charge in [0, 0.05) is 19.3 Å². The first kappa shape index (κ1) is 27.2. The lowest BCUT2D eigenvalue weighted by molar-refractivity contribution is -0.132. The molecule has 0 spiro atoms. The molecule has 3 nitrogen and oxygen atoms in total. The van der Waals surface area contributed by atoms with Crippen molar-refractivity contribution < 1.29 is 14.6 Å². The van der Waals surface area contributed by atoms with Crippen LogP contribution in [0.5, 0.6) is 0 Å². The van der Waals surface area contributed by atoms with Crippen LogP contribution in [0.1, 0.15) is 129 Å². The second-order valence-electron chi connectivity index (χ2n) is 8.22. The Labute approximate surface area is 175 Å². The van der Waals surface area contributed by atoms with Crippen LogP contribution in [0, 0.1) is 0 Å². The van der Waals surface area contributed by atoms with Crippen LogP contribution in [0.25, 0.3) is 0 Å². The number of allylic oxidation sites excluding steroid dienone is 1. The van der Waals surface area contributed by atoms with E-state index in [1.165, 1.54) is 89.9 Å². The van der Waals surface area contributed by atoms with Gasteiger partial charge in [-0.1, -0.05) is 103 Å². The molecule has 0 aliphatic rings.